The molecule has 1 aromatic rings. The highest BCUT2D eigenvalue weighted by molar-refractivity contribution is 14.0. The molecule has 2 aliphatic rings. The lowest BCUT2D eigenvalue weighted by Gasteiger charge is -2.26. The summed E-state index contributed by atoms with van der Waals surface area (Å²) in [7, 11) is 3.50. The van der Waals surface area contributed by atoms with Crippen molar-refractivity contribution in [3.63, 3.8) is 0 Å². The van der Waals surface area contributed by atoms with Crippen molar-refractivity contribution in [3.8, 4) is 0 Å². The zero-order chi connectivity index (χ0) is 22.1. The second kappa shape index (κ2) is 13.6. The molecule has 3 rings (SSSR count). The van der Waals surface area contributed by atoms with Crippen LogP contribution in [0.1, 0.15) is 44.2 Å². The third-order valence-electron chi connectivity index (χ3n) is 6.28. The highest BCUT2D eigenvalue weighted by atomic mass is 127. The Morgan fingerprint density at radius 3 is 2.69 bits per heavy atom. The van der Waals surface area contributed by atoms with Gasteiger partial charge in [0, 0.05) is 64.0 Å². The number of pyridine rings is 1. The molecule has 2 amide bonds. The van der Waals surface area contributed by atoms with E-state index in [2.05, 4.69) is 20.6 Å². The maximum absolute atomic E-state index is 12.8. The zero-order valence-electron chi connectivity index (χ0n) is 19.3. The van der Waals surface area contributed by atoms with Gasteiger partial charge in [-0.2, -0.15) is 0 Å². The Kier molecular flexibility index (Phi) is 11.2. The molecule has 1 aliphatic carbocycles. The van der Waals surface area contributed by atoms with E-state index in [-0.39, 0.29) is 48.4 Å². The molecule has 1 aliphatic heterocycles. The lowest BCUT2D eigenvalue weighted by molar-refractivity contribution is -0.135. The molecule has 0 aromatic carbocycles. The Hall–Kier alpha value is -1.91. The average Bonchev–Trinajstić information content (AvgIpc) is 3.29. The van der Waals surface area contributed by atoms with Crippen molar-refractivity contribution in [1.29, 1.82) is 0 Å². The van der Waals surface area contributed by atoms with Crippen molar-refractivity contribution in [1.82, 2.24) is 25.4 Å². The molecular weight excluding hydrogens is 519 g/mol. The van der Waals surface area contributed by atoms with Crippen LogP contribution in [0, 0.1) is 5.92 Å². The topological polar surface area (TPSA) is 89.9 Å². The van der Waals surface area contributed by atoms with Gasteiger partial charge in [0.25, 0.3) is 0 Å². The zero-order valence-corrected chi connectivity index (χ0v) is 21.6. The number of hydrogen-bond donors (Lipinski definition) is 2. The lowest BCUT2D eigenvalue weighted by Crippen LogP contribution is -2.48. The Labute approximate surface area is 208 Å². The molecule has 0 spiro atoms. The second-order valence-corrected chi connectivity index (χ2v) is 8.56. The molecule has 9 heteroatoms. The van der Waals surface area contributed by atoms with Crippen molar-refractivity contribution in [3.05, 3.63) is 30.1 Å². The maximum Gasteiger partial charge on any atom is 0.241 e. The third kappa shape index (κ3) is 7.90. The molecule has 178 valence electrons. The van der Waals surface area contributed by atoms with Crippen LogP contribution < -0.4 is 10.6 Å². The van der Waals surface area contributed by atoms with Gasteiger partial charge in [-0.05, 0) is 31.4 Å². The maximum atomic E-state index is 12.8. The van der Waals surface area contributed by atoms with Crippen LogP contribution in [0.5, 0.6) is 0 Å². The molecule has 0 radical (unpaired) electrons. The van der Waals surface area contributed by atoms with Crippen molar-refractivity contribution in [2.45, 2.75) is 51.0 Å². The number of rotatable bonds is 7. The highest BCUT2D eigenvalue weighted by Crippen LogP contribution is 2.26. The number of aliphatic imine (C=N–C) groups is 1. The summed E-state index contributed by atoms with van der Waals surface area (Å²) in [6, 6.07) is 5.97. The minimum absolute atomic E-state index is 0. The van der Waals surface area contributed by atoms with Gasteiger partial charge in [-0.1, -0.05) is 25.3 Å². The quantitative estimate of drug-likeness (QED) is 0.305. The van der Waals surface area contributed by atoms with Gasteiger partial charge in [0.15, 0.2) is 5.96 Å². The van der Waals surface area contributed by atoms with Gasteiger partial charge in [-0.3, -0.25) is 19.6 Å². The molecule has 8 nitrogen and oxygen atoms in total. The van der Waals surface area contributed by atoms with E-state index < -0.39 is 0 Å². The summed E-state index contributed by atoms with van der Waals surface area (Å²) in [5.74, 6) is 1.13. The number of likely N-dealkylation sites (tertiary alicyclic amines) is 1. The number of amides is 2. The van der Waals surface area contributed by atoms with Crippen LogP contribution in [0.3, 0.4) is 0 Å². The van der Waals surface area contributed by atoms with Gasteiger partial charge in [0.2, 0.25) is 11.8 Å². The van der Waals surface area contributed by atoms with Crippen molar-refractivity contribution >= 4 is 41.8 Å². The molecule has 1 aromatic heterocycles. The summed E-state index contributed by atoms with van der Waals surface area (Å²) in [6.45, 7) is 2.29. The van der Waals surface area contributed by atoms with Crippen LogP contribution in [0.25, 0.3) is 0 Å². The fourth-order valence-electron chi connectivity index (χ4n) is 4.32. The van der Waals surface area contributed by atoms with Crippen LogP contribution in [0.4, 0.5) is 0 Å². The Morgan fingerprint density at radius 1 is 1.22 bits per heavy atom. The van der Waals surface area contributed by atoms with Gasteiger partial charge in [0.1, 0.15) is 0 Å². The Balaban J connectivity index is 0.00000363. The molecule has 2 N–H and O–H groups in total. The summed E-state index contributed by atoms with van der Waals surface area (Å²) in [4.78, 5) is 37.4. The number of carbonyl (C=O) groups excluding carboxylic acids is 2. The molecule has 1 saturated heterocycles. The first-order valence-electron chi connectivity index (χ1n) is 11.5. The SMILES string of the molecule is CN=C(NCC(=O)N(C)CCc1ccccn1)NC1CCN(C(=O)C2CCCCC2)C1.I. The summed E-state index contributed by atoms with van der Waals surface area (Å²) >= 11 is 0. The standard InChI is InChI=1S/C23H36N6O2.HI/c1-24-23(26-16-21(30)28(2)14-11-19-10-6-7-13-25-19)27-20-12-15-29(17-20)22(31)18-8-4-3-5-9-18;/h6-7,10,13,18,20H,3-5,8-9,11-12,14-17H2,1-2H3,(H2,24,26,27);1H. The number of aromatic nitrogens is 1. The minimum Gasteiger partial charge on any atom is -0.352 e. The van der Waals surface area contributed by atoms with Crippen LogP contribution in [-0.2, 0) is 16.0 Å². The van der Waals surface area contributed by atoms with E-state index in [0.717, 1.165) is 37.9 Å². The van der Waals surface area contributed by atoms with E-state index in [1.165, 1.54) is 19.3 Å². The van der Waals surface area contributed by atoms with Crippen molar-refractivity contribution < 1.29 is 9.59 Å². The van der Waals surface area contributed by atoms with E-state index in [1.54, 1.807) is 25.2 Å². The van der Waals surface area contributed by atoms with Crippen LogP contribution in [0.15, 0.2) is 29.4 Å². The van der Waals surface area contributed by atoms with Gasteiger partial charge >= 0.3 is 0 Å². The third-order valence-corrected chi connectivity index (χ3v) is 6.28. The van der Waals surface area contributed by atoms with Crippen LogP contribution in [0.2, 0.25) is 0 Å². The summed E-state index contributed by atoms with van der Waals surface area (Å²) < 4.78 is 0. The van der Waals surface area contributed by atoms with Gasteiger partial charge in [-0.15, -0.1) is 24.0 Å². The van der Waals surface area contributed by atoms with Gasteiger partial charge < -0.3 is 20.4 Å². The monoisotopic (exact) mass is 556 g/mol. The smallest absolute Gasteiger partial charge is 0.241 e. The number of likely N-dealkylation sites (N-methyl/N-ethyl adjacent to an activating group) is 1. The van der Waals surface area contributed by atoms with E-state index in [9.17, 15) is 9.59 Å². The van der Waals surface area contributed by atoms with E-state index >= 15 is 0 Å². The minimum atomic E-state index is -0.000550. The Bertz CT molecular complexity index is 754. The fraction of sp³-hybridized carbons (Fsp3) is 0.652. The molecule has 32 heavy (non-hydrogen) atoms. The van der Waals surface area contributed by atoms with E-state index in [1.807, 2.05) is 23.1 Å². The van der Waals surface area contributed by atoms with Gasteiger partial charge in [0.05, 0.1) is 6.54 Å². The first-order chi connectivity index (χ1) is 15.1. The number of halogens is 1. The van der Waals surface area contributed by atoms with Gasteiger partial charge in [-0.25, -0.2) is 0 Å². The van der Waals surface area contributed by atoms with E-state index in [0.29, 0.717) is 25.0 Å². The predicted octanol–water partition coefficient (Wildman–Crippen LogP) is 2.05. The highest BCUT2D eigenvalue weighted by Gasteiger charge is 2.31. The Morgan fingerprint density at radius 2 is 2.00 bits per heavy atom. The largest absolute Gasteiger partial charge is 0.352 e. The first-order valence-corrected chi connectivity index (χ1v) is 11.5. The lowest BCUT2D eigenvalue weighted by atomic mass is 9.88. The molecule has 1 saturated carbocycles. The normalized spacial score (nSPS) is 19.2. The van der Waals surface area contributed by atoms with E-state index in [4.69, 9.17) is 0 Å². The second-order valence-electron chi connectivity index (χ2n) is 8.56. The van der Waals surface area contributed by atoms with Crippen molar-refractivity contribution in [2.75, 3.05) is 40.3 Å². The average molecular weight is 556 g/mol. The molecule has 2 fully saturated rings. The summed E-state index contributed by atoms with van der Waals surface area (Å²) in [5.41, 5.74) is 0.973. The molecule has 0 bridgehead atoms. The summed E-state index contributed by atoms with van der Waals surface area (Å²) in [5, 5.41) is 6.48. The number of nitrogens with zero attached hydrogens (tertiary/aromatic N) is 4. The fourth-order valence-corrected chi connectivity index (χ4v) is 4.32. The molecule has 1 unspecified atom stereocenters. The summed E-state index contributed by atoms with van der Waals surface area (Å²) in [6.07, 6.45) is 9.06. The molecule has 2 heterocycles. The first kappa shape index (κ1) is 26.3. The number of hydrogen-bond acceptors (Lipinski definition) is 4. The number of guanidine groups is 1. The number of carbonyl (C=O) groups is 2. The van der Waals surface area contributed by atoms with Crippen molar-refractivity contribution in [2.24, 2.45) is 10.9 Å². The molecular formula is C23H37IN6O2. The number of nitrogens with one attached hydrogen (secondary N) is 2. The van der Waals surface area contributed by atoms with Crippen LogP contribution in [-0.4, -0.2) is 78.9 Å². The van der Waals surface area contributed by atoms with Crippen LogP contribution >= 0.6 is 24.0 Å². The molecule has 1 atom stereocenters. The predicted molar refractivity (Wildman–Crippen MR) is 137 cm³/mol.